The third kappa shape index (κ3) is 6.06. The van der Waals surface area contributed by atoms with E-state index in [9.17, 15) is 0 Å². The molecule has 2 nitrogen and oxygen atoms in total. The monoisotopic (exact) mass is 938 g/mol. The Morgan fingerprint density at radius 3 is 0.824 bits per heavy atom. The van der Waals surface area contributed by atoms with E-state index in [0.717, 1.165) is 66.1 Å². The molecule has 2 heteroatoms. The van der Waals surface area contributed by atoms with Crippen molar-refractivity contribution in [2.45, 2.75) is 0 Å². The van der Waals surface area contributed by atoms with Gasteiger partial charge in [0.1, 0.15) is 22.3 Å². The summed E-state index contributed by atoms with van der Waals surface area (Å²) in [6, 6.07) is 93.4. The topological polar surface area (TPSA) is 26.3 Å². The molecule has 0 aliphatic heterocycles. The van der Waals surface area contributed by atoms with E-state index in [4.69, 9.17) is 8.83 Å². The molecule has 0 aliphatic carbocycles. The van der Waals surface area contributed by atoms with Gasteiger partial charge in [-0.2, -0.15) is 0 Å². The Kier molecular flexibility index (Phi) is 8.78. The first-order valence-corrected chi connectivity index (χ1v) is 25.5. The maximum atomic E-state index is 7.04. The highest BCUT2D eigenvalue weighted by molar-refractivity contribution is 6.26. The van der Waals surface area contributed by atoms with Crippen molar-refractivity contribution in [3.05, 3.63) is 255 Å². The van der Waals surface area contributed by atoms with Crippen LogP contribution in [0.4, 0.5) is 0 Å². The molecule has 0 fully saturated rings. The lowest BCUT2D eigenvalue weighted by Gasteiger charge is -2.21. The summed E-state index contributed by atoms with van der Waals surface area (Å²) in [4.78, 5) is 0. The molecular weight excluding hydrogens is 897 g/mol. The maximum absolute atomic E-state index is 7.04. The van der Waals surface area contributed by atoms with Crippen LogP contribution in [0.3, 0.4) is 0 Å². The molecule has 74 heavy (non-hydrogen) atoms. The third-order valence-electron chi connectivity index (χ3n) is 15.7. The van der Waals surface area contributed by atoms with Gasteiger partial charge in [-0.25, -0.2) is 0 Å². The van der Waals surface area contributed by atoms with Gasteiger partial charge in [-0.1, -0.05) is 206 Å². The van der Waals surface area contributed by atoms with Crippen LogP contribution in [-0.4, -0.2) is 0 Å². The fourth-order valence-corrected chi connectivity index (χ4v) is 12.5. The van der Waals surface area contributed by atoms with E-state index >= 15 is 0 Å². The molecule has 0 bridgehead atoms. The van der Waals surface area contributed by atoms with E-state index in [1.807, 2.05) is 0 Å². The molecular formula is C72H42O2. The lowest BCUT2D eigenvalue weighted by atomic mass is 9.82. The molecule has 0 spiro atoms. The van der Waals surface area contributed by atoms with Crippen LogP contribution in [0.15, 0.2) is 264 Å². The Bertz CT molecular complexity index is 4600. The average molecular weight is 939 g/mol. The van der Waals surface area contributed by atoms with Crippen LogP contribution >= 0.6 is 0 Å². The van der Waals surface area contributed by atoms with Crippen molar-refractivity contribution in [2.75, 3.05) is 0 Å². The van der Waals surface area contributed by atoms with Crippen LogP contribution in [0.25, 0.3) is 164 Å². The van der Waals surface area contributed by atoms with Crippen molar-refractivity contribution in [2.24, 2.45) is 0 Å². The molecule has 342 valence electrons. The second-order valence-corrected chi connectivity index (χ2v) is 19.8. The molecule has 0 amide bonds. The highest BCUT2D eigenvalue weighted by Crippen LogP contribution is 2.51. The molecule has 2 aromatic heterocycles. The number of hydrogen-bond donors (Lipinski definition) is 0. The van der Waals surface area contributed by atoms with Gasteiger partial charge in [-0.3, -0.25) is 0 Å². The van der Waals surface area contributed by atoms with Gasteiger partial charge in [0.05, 0.1) is 5.56 Å². The predicted molar refractivity (Wildman–Crippen MR) is 313 cm³/mol. The van der Waals surface area contributed by atoms with Gasteiger partial charge >= 0.3 is 0 Å². The molecule has 0 saturated heterocycles. The molecule has 0 unspecified atom stereocenters. The minimum absolute atomic E-state index is 0.809. The molecule has 0 atom stereocenters. The Morgan fingerprint density at radius 1 is 0.176 bits per heavy atom. The molecule has 0 N–H and O–H groups in total. The first-order chi connectivity index (χ1) is 36.7. The van der Waals surface area contributed by atoms with Gasteiger partial charge < -0.3 is 8.83 Å². The van der Waals surface area contributed by atoms with Crippen molar-refractivity contribution in [1.82, 2.24) is 0 Å². The second kappa shape index (κ2) is 15.9. The van der Waals surface area contributed by atoms with Crippen molar-refractivity contribution in [3.63, 3.8) is 0 Å². The van der Waals surface area contributed by atoms with Crippen molar-refractivity contribution in [3.8, 4) is 55.6 Å². The summed E-state index contributed by atoms with van der Waals surface area (Å²) in [6.45, 7) is 0. The number of furan rings is 2. The first-order valence-electron chi connectivity index (χ1n) is 25.5. The van der Waals surface area contributed by atoms with E-state index < -0.39 is 0 Å². The van der Waals surface area contributed by atoms with Crippen LogP contribution in [0.2, 0.25) is 0 Å². The van der Waals surface area contributed by atoms with Gasteiger partial charge in [0.15, 0.2) is 0 Å². The van der Waals surface area contributed by atoms with E-state index in [0.29, 0.717) is 0 Å². The van der Waals surface area contributed by atoms with E-state index in [1.54, 1.807) is 0 Å². The van der Waals surface area contributed by atoms with Crippen LogP contribution in [0, 0.1) is 0 Å². The summed E-state index contributed by atoms with van der Waals surface area (Å²) in [5.74, 6) is 0. The maximum Gasteiger partial charge on any atom is 0.147 e. The van der Waals surface area contributed by atoms with Crippen molar-refractivity contribution < 1.29 is 8.83 Å². The molecule has 14 aromatic carbocycles. The second-order valence-electron chi connectivity index (χ2n) is 19.8. The van der Waals surface area contributed by atoms with Crippen LogP contribution < -0.4 is 0 Å². The SMILES string of the molecule is c1ccc2cc(-c3c4ccccc4c(-c4cc(-c5c6ccccc6c(-c6ccc7ccccc7c6)c6ccccc56)cc(-c5c6oc7ccccc7c6cc6c5oc5ccccc56)c4)c4ccccc34)ccc2c1. The average Bonchev–Trinajstić information content (AvgIpc) is 4.05. The lowest BCUT2D eigenvalue weighted by molar-refractivity contribution is 0.658. The number of fused-ring (bicyclic) bond motifs is 12. The fraction of sp³-hybridized carbons (Fsp3) is 0. The Balaban J connectivity index is 1.06. The summed E-state index contributed by atoms with van der Waals surface area (Å²) >= 11 is 0. The lowest BCUT2D eigenvalue weighted by Crippen LogP contribution is -1.94. The number of rotatable bonds is 5. The summed E-state index contributed by atoms with van der Waals surface area (Å²) < 4.78 is 14.1. The summed E-state index contributed by atoms with van der Waals surface area (Å²) in [5, 5.41) is 18.8. The number of hydrogen-bond acceptors (Lipinski definition) is 2. The molecule has 16 aromatic rings. The smallest absolute Gasteiger partial charge is 0.147 e. The first kappa shape index (κ1) is 40.9. The fourth-order valence-electron chi connectivity index (χ4n) is 12.5. The van der Waals surface area contributed by atoms with Crippen LogP contribution in [0.5, 0.6) is 0 Å². The van der Waals surface area contributed by atoms with E-state index in [1.165, 1.54) is 98.0 Å². The van der Waals surface area contributed by atoms with Gasteiger partial charge in [0.25, 0.3) is 0 Å². The zero-order chi connectivity index (χ0) is 48.4. The zero-order valence-electron chi connectivity index (χ0n) is 40.1. The van der Waals surface area contributed by atoms with Gasteiger partial charge in [-0.15, -0.1) is 0 Å². The molecule has 2 heterocycles. The quantitative estimate of drug-likeness (QED) is 0.161. The zero-order valence-corrected chi connectivity index (χ0v) is 40.1. The Labute approximate surface area is 425 Å². The molecule has 0 radical (unpaired) electrons. The van der Waals surface area contributed by atoms with E-state index in [-0.39, 0.29) is 0 Å². The highest BCUT2D eigenvalue weighted by atomic mass is 16.3. The van der Waals surface area contributed by atoms with Crippen LogP contribution in [-0.2, 0) is 0 Å². The molecule has 16 rings (SSSR count). The largest absolute Gasteiger partial charge is 0.455 e. The highest BCUT2D eigenvalue weighted by Gasteiger charge is 2.25. The van der Waals surface area contributed by atoms with Crippen molar-refractivity contribution >= 4 is 109 Å². The Hall–Kier alpha value is -9.76. The van der Waals surface area contributed by atoms with Gasteiger partial charge in [0, 0.05) is 21.5 Å². The molecule has 0 aliphatic rings. The normalized spacial score (nSPS) is 12.1. The van der Waals surface area contributed by atoms with Gasteiger partial charge in [0.2, 0.25) is 0 Å². The summed E-state index contributed by atoms with van der Waals surface area (Å²) in [7, 11) is 0. The minimum Gasteiger partial charge on any atom is -0.455 e. The number of para-hydroxylation sites is 2. The van der Waals surface area contributed by atoms with Gasteiger partial charge in [-0.05, 0) is 163 Å². The Morgan fingerprint density at radius 2 is 0.459 bits per heavy atom. The third-order valence-corrected chi connectivity index (χ3v) is 15.7. The minimum atomic E-state index is 0.809. The summed E-state index contributed by atoms with van der Waals surface area (Å²) in [5.41, 5.74) is 14.7. The molecule has 0 saturated carbocycles. The van der Waals surface area contributed by atoms with E-state index in [2.05, 4.69) is 255 Å². The summed E-state index contributed by atoms with van der Waals surface area (Å²) in [6.07, 6.45) is 0. The van der Waals surface area contributed by atoms with Crippen molar-refractivity contribution in [1.29, 1.82) is 0 Å². The van der Waals surface area contributed by atoms with Crippen LogP contribution in [0.1, 0.15) is 0 Å². The standard InChI is InChI=1S/C72H42O2/c1-3-19-45-37-47(35-33-43(45)17-1)66-54-23-5-9-27-58(54)68(59-28-10-6-24-55(59)66)49-39-50(41-51(40-49)70-71-62(52-21-13-15-31-64(52)73-71)42-63-53-22-14-16-32-65(53)74-72(63)70)69-60-29-11-7-25-56(60)67(57-26-8-12-30-61(57)69)48-36-34-44-18-2-4-20-46(44)38-48/h1-42H. The predicted octanol–water partition coefficient (Wildman–Crippen LogP) is 20.7. The number of benzene rings is 14.